The molecule has 0 radical (unpaired) electrons. The van der Waals surface area contributed by atoms with E-state index in [1.807, 2.05) is 0 Å². The second kappa shape index (κ2) is 14.5. The average Bonchev–Trinajstić information content (AvgIpc) is 3.94. The van der Waals surface area contributed by atoms with Crippen molar-refractivity contribution in [1.29, 1.82) is 0 Å². The molecule has 66 heavy (non-hydrogen) atoms. The standard InChI is InChI=1S/C65H47N/c1-63(2)57-32-18-15-29-51(57)54-38-35-48(41-60(54)63)66(49-36-39-55-52-30-16-19-33-58(52)64(61(55)42-49,44-21-7-3-8-22-44)45-23-9-4-10-24-45)50-37-40-56-53-31-17-20-34-59(53)65(62(56)43-50,46-25-11-5-12-26-46)47-27-13-6-14-28-47/h3-43H,1-2H3. The van der Waals surface area contributed by atoms with Gasteiger partial charge >= 0.3 is 0 Å². The zero-order chi connectivity index (χ0) is 44.0. The summed E-state index contributed by atoms with van der Waals surface area (Å²) in [6.45, 7) is 4.76. The Hall–Kier alpha value is -8.00. The van der Waals surface area contributed by atoms with Gasteiger partial charge in [-0.05, 0) is 125 Å². The Morgan fingerprint density at radius 3 is 0.894 bits per heavy atom. The summed E-state index contributed by atoms with van der Waals surface area (Å²) in [6, 6.07) is 93.3. The van der Waals surface area contributed by atoms with Crippen molar-refractivity contribution in [3.8, 4) is 33.4 Å². The second-order valence-electron chi connectivity index (χ2n) is 18.8. The Bertz CT molecular complexity index is 3230. The van der Waals surface area contributed by atoms with Crippen LogP contribution in [0, 0.1) is 0 Å². The summed E-state index contributed by atoms with van der Waals surface area (Å²) >= 11 is 0. The fourth-order valence-corrected chi connectivity index (χ4v) is 12.4. The third-order valence-corrected chi connectivity index (χ3v) is 15.2. The molecule has 0 unspecified atom stereocenters. The summed E-state index contributed by atoms with van der Waals surface area (Å²) in [4.78, 5) is 2.54. The molecule has 0 amide bonds. The minimum Gasteiger partial charge on any atom is -0.310 e. The summed E-state index contributed by atoms with van der Waals surface area (Å²) in [5.41, 5.74) is 22.8. The molecule has 0 bridgehead atoms. The molecule has 1 nitrogen and oxygen atoms in total. The molecule has 0 spiro atoms. The summed E-state index contributed by atoms with van der Waals surface area (Å²) in [6.07, 6.45) is 0. The molecule has 0 heterocycles. The van der Waals surface area contributed by atoms with Crippen LogP contribution in [0.2, 0.25) is 0 Å². The topological polar surface area (TPSA) is 3.24 Å². The third kappa shape index (κ3) is 5.23. The monoisotopic (exact) mass is 841 g/mol. The average molecular weight is 842 g/mol. The molecule has 0 atom stereocenters. The van der Waals surface area contributed by atoms with Crippen LogP contribution in [0.1, 0.15) is 69.5 Å². The minimum atomic E-state index is -0.535. The maximum Gasteiger partial charge on any atom is 0.0714 e. The molecule has 0 aromatic heterocycles. The van der Waals surface area contributed by atoms with Crippen LogP contribution in [0.15, 0.2) is 249 Å². The SMILES string of the molecule is CC1(C)c2ccccc2-c2ccc(N(c3ccc4c(c3)C(c3ccccc3)(c3ccccc3)c3ccccc3-4)c3ccc4c(c3)C(c3ccccc3)(c3ccccc3)c3ccccc3-4)cc21. The van der Waals surface area contributed by atoms with Crippen LogP contribution >= 0.6 is 0 Å². The molecule has 0 aliphatic heterocycles. The highest BCUT2D eigenvalue weighted by molar-refractivity contribution is 5.93. The Kier molecular flexibility index (Phi) is 8.45. The first-order chi connectivity index (χ1) is 32.5. The molecular formula is C65H47N. The smallest absolute Gasteiger partial charge is 0.0714 e. The van der Waals surface area contributed by atoms with Crippen molar-refractivity contribution in [1.82, 2.24) is 0 Å². The van der Waals surface area contributed by atoms with E-state index in [1.54, 1.807) is 0 Å². The van der Waals surface area contributed by atoms with Crippen LogP contribution in [0.25, 0.3) is 33.4 Å². The Labute approximate surface area is 388 Å². The number of nitrogens with zero attached hydrogens (tertiary/aromatic N) is 1. The second-order valence-corrected chi connectivity index (χ2v) is 18.8. The lowest BCUT2D eigenvalue weighted by Gasteiger charge is -2.36. The van der Waals surface area contributed by atoms with Crippen LogP contribution in [0.4, 0.5) is 17.1 Å². The lowest BCUT2D eigenvalue weighted by molar-refractivity contribution is 0.660. The lowest BCUT2D eigenvalue weighted by atomic mass is 9.67. The Balaban J connectivity index is 1.10. The molecule has 10 aromatic carbocycles. The van der Waals surface area contributed by atoms with Gasteiger partial charge in [0.1, 0.15) is 0 Å². The van der Waals surface area contributed by atoms with E-state index in [9.17, 15) is 0 Å². The highest BCUT2D eigenvalue weighted by atomic mass is 15.1. The quantitative estimate of drug-likeness (QED) is 0.155. The maximum atomic E-state index is 2.54. The minimum absolute atomic E-state index is 0.168. The van der Waals surface area contributed by atoms with Gasteiger partial charge in [-0.2, -0.15) is 0 Å². The number of hydrogen-bond acceptors (Lipinski definition) is 1. The van der Waals surface area contributed by atoms with E-state index in [0.717, 1.165) is 17.1 Å². The molecular weight excluding hydrogens is 795 g/mol. The van der Waals surface area contributed by atoms with Crippen LogP contribution in [-0.2, 0) is 16.2 Å². The number of anilines is 3. The molecule has 312 valence electrons. The number of hydrogen-bond donors (Lipinski definition) is 0. The third-order valence-electron chi connectivity index (χ3n) is 15.2. The van der Waals surface area contributed by atoms with Crippen molar-refractivity contribution in [3.05, 3.63) is 304 Å². The van der Waals surface area contributed by atoms with Crippen molar-refractivity contribution in [3.63, 3.8) is 0 Å². The first-order valence-corrected chi connectivity index (χ1v) is 23.3. The van der Waals surface area contributed by atoms with Crippen LogP contribution in [0.5, 0.6) is 0 Å². The molecule has 0 saturated carbocycles. The van der Waals surface area contributed by atoms with Crippen LogP contribution < -0.4 is 4.90 Å². The van der Waals surface area contributed by atoms with Crippen LogP contribution in [0.3, 0.4) is 0 Å². The lowest BCUT2D eigenvalue weighted by Crippen LogP contribution is -2.29. The fraction of sp³-hybridized carbons (Fsp3) is 0.0769. The maximum absolute atomic E-state index is 2.54. The number of benzene rings is 10. The number of fused-ring (bicyclic) bond motifs is 9. The Morgan fingerprint density at radius 2 is 0.515 bits per heavy atom. The van der Waals surface area contributed by atoms with E-state index in [1.165, 1.54) is 89.0 Å². The highest BCUT2D eigenvalue weighted by Gasteiger charge is 2.48. The van der Waals surface area contributed by atoms with Gasteiger partial charge in [0.05, 0.1) is 10.8 Å². The van der Waals surface area contributed by atoms with Gasteiger partial charge in [-0.15, -0.1) is 0 Å². The van der Waals surface area contributed by atoms with Gasteiger partial charge in [0, 0.05) is 22.5 Å². The van der Waals surface area contributed by atoms with Crippen molar-refractivity contribution in [2.75, 3.05) is 4.90 Å². The molecule has 13 rings (SSSR count). The predicted molar refractivity (Wildman–Crippen MR) is 273 cm³/mol. The zero-order valence-electron chi connectivity index (χ0n) is 37.1. The first kappa shape index (κ1) is 38.5. The van der Waals surface area contributed by atoms with Gasteiger partial charge in [0.15, 0.2) is 0 Å². The normalized spacial score (nSPS) is 14.9. The first-order valence-electron chi connectivity index (χ1n) is 23.3. The van der Waals surface area contributed by atoms with E-state index >= 15 is 0 Å². The van der Waals surface area contributed by atoms with Gasteiger partial charge in [0.2, 0.25) is 0 Å². The molecule has 0 N–H and O–H groups in total. The van der Waals surface area contributed by atoms with Crippen molar-refractivity contribution in [2.45, 2.75) is 30.1 Å². The van der Waals surface area contributed by atoms with E-state index in [4.69, 9.17) is 0 Å². The molecule has 10 aromatic rings. The Morgan fingerprint density at radius 1 is 0.242 bits per heavy atom. The van der Waals surface area contributed by atoms with Gasteiger partial charge in [-0.1, -0.05) is 226 Å². The van der Waals surface area contributed by atoms with Crippen LogP contribution in [-0.4, -0.2) is 0 Å². The van der Waals surface area contributed by atoms with Crippen molar-refractivity contribution in [2.24, 2.45) is 0 Å². The van der Waals surface area contributed by atoms with E-state index in [-0.39, 0.29) is 5.41 Å². The van der Waals surface area contributed by atoms with Gasteiger partial charge in [0.25, 0.3) is 0 Å². The number of rotatable bonds is 7. The van der Waals surface area contributed by atoms with Crippen molar-refractivity contribution >= 4 is 17.1 Å². The predicted octanol–water partition coefficient (Wildman–Crippen LogP) is 16.2. The molecule has 0 saturated heterocycles. The highest BCUT2D eigenvalue weighted by Crippen LogP contribution is 2.60. The molecule has 1 heteroatoms. The molecule has 3 aliphatic rings. The van der Waals surface area contributed by atoms with E-state index < -0.39 is 10.8 Å². The summed E-state index contributed by atoms with van der Waals surface area (Å²) in [5, 5.41) is 0. The summed E-state index contributed by atoms with van der Waals surface area (Å²) in [5.74, 6) is 0. The van der Waals surface area contributed by atoms with Gasteiger partial charge < -0.3 is 4.90 Å². The van der Waals surface area contributed by atoms with Gasteiger partial charge in [-0.25, -0.2) is 0 Å². The summed E-state index contributed by atoms with van der Waals surface area (Å²) in [7, 11) is 0. The largest absolute Gasteiger partial charge is 0.310 e. The molecule has 0 fully saturated rings. The van der Waals surface area contributed by atoms with E-state index in [0.29, 0.717) is 0 Å². The fourth-order valence-electron chi connectivity index (χ4n) is 12.4. The zero-order valence-corrected chi connectivity index (χ0v) is 37.1. The van der Waals surface area contributed by atoms with Crippen molar-refractivity contribution < 1.29 is 0 Å². The van der Waals surface area contributed by atoms with Gasteiger partial charge in [-0.3, -0.25) is 0 Å². The van der Waals surface area contributed by atoms with E-state index in [2.05, 4.69) is 267 Å². The molecule has 3 aliphatic carbocycles. The summed E-state index contributed by atoms with van der Waals surface area (Å²) < 4.78 is 0.